The van der Waals surface area contributed by atoms with Gasteiger partial charge < -0.3 is 10.2 Å². The molecule has 2 amide bonds. The highest BCUT2D eigenvalue weighted by Crippen LogP contribution is 2.37. The molecular weight excluding hydrogens is 400 g/mol. The number of hydrogen-bond donors (Lipinski definition) is 1. The van der Waals surface area contributed by atoms with E-state index >= 15 is 0 Å². The number of amides is 2. The average molecular weight is 431 g/mol. The Morgan fingerprint density at radius 2 is 1.81 bits per heavy atom. The molecule has 1 atom stereocenters. The summed E-state index contributed by atoms with van der Waals surface area (Å²) in [6.45, 7) is 3.54. The second-order valence-corrected chi connectivity index (χ2v) is 8.51. The normalized spacial score (nSPS) is 18.4. The topological polar surface area (TPSA) is 67.2 Å². The fourth-order valence-electron chi connectivity index (χ4n) is 4.75. The van der Waals surface area contributed by atoms with E-state index in [0.29, 0.717) is 31.7 Å². The monoisotopic (exact) mass is 430 g/mol. The van der Waals surface area contributed by atoms with Crippen molar-refractivity contribution in [3.63, 3.8) is 0 Å². The van der Waals surface area contributed by atoms with Gasteiger partial charge in [0.25, 0.3) is 5.91 Å². The van der Waals surface area contributed by atoms with Crippen LogP contribution in [0.4, 0.5) is 0 Å². The predicted molar refractivity (Wildman–Crippen MR) is 125 cm³/mol. The van der Waals surface area contributed by atoms with Gasteiger partial charge >= 0.3 is 0 Å². The smallest absolute Gasteiger partial charge is 0.272 e. The summed E-state index contributed by atoms with van der Waals surface area (Å²) >= 11 is 0. The molecule has 3 aromatic rings. The molecule has 2 aromatic carbocycles. The molecule has 6 heteroatoms. The van der Waals surface area contributed by atoms with Crippen molar-refractivity contribution >= 4 is 11.8 Å². The fourth-order valence-corrected chi connectivity index (χ4v) is 4.75. The third-order valence-corrected chi connectivity index (χ3v) is 6.35. The highest BCUT2D eigenvalue weighted by Gasteiger charge is 2.44. The number of piperidine rings is 1. The number of likely N-dealkylation sites (tertiary alicyclic amines) is 1. The lowest BCUT2D eigenvalue weighted by molar-refractivity contribution is -0.133. The second kappa shape index (κ2) is 9.39. The third-order valence-electron chi connectivity index (χ3n) is 6.35. The Balaban J connectivity index is 1.69. The molecule has 1 aliphatic rings. The quantitative estimate of drug-likeness (QED) is 0.649. The number of nitrogens with zero attached hydrogens (tertiary/aromatic N) is 3. The Morgan fingerprint density at radius 3 is 2.53 bits per heavy atom. The number of carbonyl (C=O) groups is 2. The van der Waals surface area contributed by atoms with Crippen molar-refractivity contribution in [3.05, 3.63) is 78.1 Å². The zero-order valence-corrected chi connectivity index (χ0v) is 18.8. The van der Waals surface area contributed by atoms with Gasteiger partial charge in [-0.3, -0.25) is 14.3 Å². The number of rotatable bonds is 6. The Bertz CT molecular complexity index is 1090. The maximum Gasteiger partial charge on any atom is 0.272 e. The van der Waals surface area contributed by atoms with Gasteiger partial charge in [-0.25, -0.2) is 0 Å². The zero-order chi connectivity index (χ0) is 22.6. The van der Waals surface area contributed by atoms with Gasteiger partial charge in [0.15, 0.2) is 0 Å². The van der Waals surface area contributed by atoms with Crippen molar-refractivity contribution < 1.29 is 9.59 Å². The number of hydrogen-bond acceptors (Lipinski definition) is 3. The van der Waals surface area contributed by atoms with E-state index in [9.17, 15) is 9.59 Å². The van der Waals surface area contributed by atoms with Gasteiger partial charge in [-0.2, -0.15) is 5.10 Å². The van der Waals surface area contributed by atoms with Crippen molar-refractivity contribution in [2.75, 3.05) is 19.6 Å². The fraction of sp³-hybridized carbons (Fsp3) is 0.346. The molecule has 6 nitrogen and oxygen atoms in total. The van der Waals surface area contributed by atoms with Crippen LogP contribution in [0.2, 0.25) is 0 Å². The van der Waals surface area contributed by atoms with Gasteiger partial charge in [-0.15, -0.1) is 0 Å². The summed E-state index contributed by atoms with van der Waals surface area (Å²) in [5.41, 5.74) is 3.26. The van der Waals surface area contributed by atoms with E-state index in [1.807, 2.05) is 42.2 Å². The average Bonchev–Trinajstić information content (AvgIpc) is 3.25. The van der Waals surface area contributed by atoms with Gasteiger partial charge in [0, 0.05) is 32.9 Å². The van der Waals surface area contributed by atoms with Gasteiger partial charge in [0.2, 0.25) is 5.91 Å². The van der Waals surface area contributed by atoms with Crippen LogP contribution in [-0.4, -0.2) is 46.1 Å². The molecule has 0 saturated carbocycles. The third kappa shape index (κ3) is 4.31. The first kappa shape index (κ1) is 21.8. The number of nitrogens with one attached hydrogen (secondary N) is 1. The van der Waals surface area contributed by atoms with Crippen LogP contribution in [0.3, 0.4) is 0 Å². The molecule has 0 aliphatic carbocycles. The second-order valence-electron chi connectivity index (χ2n) is 8.51. The largest absolute Gasteiger partial charge is 0.356 e. The molecule has 4 rings (SSSR count). The summed E-state index contributed by atoms with van der Waals surface area (Å²) in [6.07, 6.45) is 3.74. The lowest BCUT2D eigenvalue weighted by Gasteiger charge is -2.42. The number of aryl methyl sites for hydroxylation is 1. The van der Waals surface area contributed by atoms with E-state index in [0.717, 1.165) is 29.5 Å². The van der Waals surface area contributed by atoms with Crippen molar-refractivity contribution in [1.82, 2.24) is 20.0 Å². The van der Waals surface area contributed by atoms with Crippen molar-refractivity contribution in [2.24, 2.45) is 12.5 Å². The predicted octanol–water partition coefficient (Wildman–Crippen LogP) is 3.69. The molecule has 166 valence electrons. The van der Waals surface area contributed by atoms with E-state index in [4.69, 9.17) is 0 Å². The molecule has 1 aliphatic heterocycles. The summed E-state index contributed by atoms with van der Waals surface area (Å²) < 4.78 is 1.59. The molecule has 2 heterocycles. The van der Waals surface area contributed by atoms with Crippen LogP contribution in [0, 0.1) is 5.41 Å². The molecule has 0 spiro atoms. The van der Waals surface area contributed by atoms with Gasteiger partial charge in [-0.05, 0) is 48.9 Å². The first-order chi connectivity index (χ1) is 15.5. The molecule has 1 fully saturated rings. The lowest BCUT2D eigenvalue weighted by atomic mass is 9.73. The summed E-state index contributed by atoms with van der Waals surface area (Å²) in [6, 6.07) is 20.2. The zero-order valence-electron chi connectivity index (χ0n) is 18.8. The molecule has 1 aromatic heterocycles. The van der Waals surface area contributed by atoms with Crippen LogP contribution in [0.1, 0.15) is 35.8 Å². The first-order valence-electron chi connectivity index (χ1n) is 11.2. The van der Waals surface area contributed by atoms with Crippen molar-refractivity contribution in [2.45, 2.75) is 26.2 Å². The van der Waals surface area contributed by atoms with Crippen LogP contribution >= 0.6 is 0 Å². The van der Waals surface area contributed by atoms with Crippen molar-refractivity contribution in [3.8, 4) is 11.1 Å². The van der Waals surface area contributed by atoms with Gasteiger partial charge in [0.1, 0.15) is 5.69 Å². The van der Waals surface area contributed by atoms with Crippen LogP contribution < -0.4 is 5.32 Å². The highest BCUT2D eigenvalue weighted by atomic mass is 16.2. The van der Waals surface area contributed by atoms with E-state index < -0.39 is 5.41 Å². The molecule has 0 unspecified atom stereocenters. The molecule has 32 heavy (non-hydrogen) atoms. The summed E-state index contributed by atoms with van der Waals surface area (Å²) in [7, 11) is 1.77. The molecule has 0 bridgehead atoms. The van der Waals surface area contributed by atoms with Gasteiger partial charge in [0.05, 0.1) is 5.41 Å². The molecule has 1 N–H and O–H groups in total. The van der Waals surface area contributed by atoms with Crippen LogP contribution in [-0.2, 0) is 18.3 Å². The number of benzene rings is 2. The Hall–Kier alpha value is -3.41. The maximum absolute atomic E-state index is 13.4. The Labute approximate surface area is 189 Å². The van der Waals surface area contributed by atoms with E-state index in [1.54, 1.807) is 24.0 Å². The summed E-state index contributed by atoms with van der Waals surface area (Å²) in [5, 5.41) is 7.18. The Morgan fingerprint density at radius 1 is 1.06 bits per heavy atom. The van der Waals surface area contributed by atoms with Crippen LogP contribution in [0.15, 0.2) is 66.9 Å². The van der Waals surface area contributed by atoms with Crippen molar-refractivity contribution in [1.29, 1.82) is 0 Å². The minimum Gasteiger partial charge on any atom is -0.356 e. The van der Waals surface area contributed by atoms with Crippen LogP contribution in [0.5, 0.6) is 0 Å². The SMILES string of the molecule is CCNC(=O)[C@]1(Cc2ccccc2-c2ccccc2)CCCN(C(=O)c2ccnn2C)C1. The van der Waals surface area contributed by atoms with E-state index in [2.05, 4.69) is 34.7 Å². The molecular formula is C26H30N4O2. The standard InChI is InChI=1S/C26H30N4O2/c1-3-27-25(32)26(15-9-17-30(19-26)24(31)23-14-16-28-29(23)2)18-21-12-7-8-13-22(21)20-10-5-4-6-11-20/h4-8,10-14,16H,3,9,15,17-19H2,1-2H3,(H,27,32)/t26-/m0/s1. The molecule has 0 radical (unpaired) electrons. The number of carbonyl (C=O) groups excluding carboxylic acids is 2. The van der Waals surface area contributed by atoms with E-state index in [-0.39, 0.29) is 11.8 Å². The van der Waals surface area contributed by atoms with E-state index in [1.165, 1.54) is 0 Å². The lowest BCUT2D eigenvalue weighted by Crippen LogP contribution is -2.54. The highest BCUT2D eigenvalue weighted by molar-refractivity contribution is 5.93. The summed E-state index contributed by atoms with van der Waals surface area (Å²) in [5.74, 6) is -0.0555. The first-order valence-corrected chi connectivity index (χ1v) is 11.2. The Kier molecular flexibility index (Phi) is 6.40. The minimum absolute atomic E-state index is 0.0189. The van der Waals surface area contributed by atoms with Crippen LogP contribution in [0.25, 0.3) is 11.1 Å². The summed E-state index contributed by atoms with van der Waals surface area (Å²) in [4.78, 5) is 28.5. The minimum atomic E-state index is -0.673. The number of aromatic nitrogens is 2. The maximum atomic E-state index is 13.4. The molecule has 1 saturated heterocycles. The van der Waals surface area contributed by atoms with Gasteiger partial charge in [-0.1, -0.05) is 54.6 Å².